The number of amides is 1. The Bertz CT molecular complexity index is 642. The molecule has 0 aromatic heterocycles. The lowest BCUT2D eigenvalue weighted by Crippen LogP contribution is -2.28. The SMILES string of the molecule is Cc1cccc(C)c1OCCNC(=O)c1ccc(C=O)cc1. The van der Waals surface area contributed by atoms with Crippen molar-refractivity contribution in [2.75, 3.05) is 13.2 Å². The van der Waals surface area contributed by atoms with Crippen LogP contribution in [0.2, 0.25) is 0 Å². The zero-order valence-corrected chi connectivity index (χ0v) is 12.8. The first kappa shape index (κ1) is 15.8. The second-order valence-electron chi connectivity index (χ2n) is 5.07. The minimum atomic E-state index is -0.178. The summed E-state index contributed by atoms with van der Waals surface area (Å²) in [5.74, 6) is 0.689. The molecule has 0 aliphatic heterocycles. The van der Waals surface area contributed by atoms with E-state index in [0.29, 0.717) is 24.3 Å². The van der Waals surface area contributed by atoms with Crippen LogP contribution in [-0.2, 0) is 0 Å². The third-order valence-electron chi connectivity index (χ3n) is 3.35. The highest BCUT2D eigenvalue weighted by atomic mass is 16.5. The van der Waals surface area contributed by atoms with Crippen LogP contribution in [0.3, 0.4) is 0 Å². The molecule has 1 N–H and O–H groups in total. The van der Waals surface area contributed by atoms with E-state index in [1.807, 2.05) is 32.0 Å². The molecule has 0 radical (unpaired) electrons. The van der Waals surface area contributed by atoms with Gasteiger partial charge in [0.05, 0.1) is 6.54 Å². The second-order valence-corrected chi connectivity index (χ2v) is 5.07. The summed E-state index contributed by atoms with van der Waals surface area (Å²) in [6.07, 6.45) is 0.750. The van der Waals surface area contributed by atoms with E-state index in [2.05, 4.69) is 5.32 Å². The summed E-state index contributed by atoms with van der Waals surface area (Å²) in [6, 6.07) is 12.5. The van der Waals surface area contributed by atoms with Crippen LogP contribution in [0.1, 0.15) is 31.8 Å². The van der Waals surface area contributed by atoms with Crippen LogP contribution in [0.4, 0.5) is 0 Å². The average Bonchev–Trinajstić information content (AvgIpc) is 2.53. The van der Waals surface area contributed by atoms with Crippen LogP contribution < -0.4 is 10.1 Å². The van der Waals surface area contributed by atoms with Crippen LogP contribution in [0.25, 0.3) is 0 Å². The lowest BCUT2D eigenvalue weighted by molar-refractivity contribution is 0.0946. The van der Waals surface area contributed by atoms with Gasteiger partial charge in [-0.25, -0.2) is 0 Å². The van der Waals surface area contributed by atoms with Gasteiger partial charge in [0, 0.05) is 11.1 Å². The van der Waals surface area contributed by atoms with Crippen molar-refractivity contribution in [2.24, 2.45) is 0 Å². The van der Waals surface area contributed by atoms with Gasteiger partial charge >= 0.3 is 0 Å². The molecular formula is C18H19NO3. The Morgan fingerprint density at radius 2 is 1.73 bits per heavy atom. The van der Waals surface area contributed by atoms with Crippen LogP contribution >= 0.6 is 0 Å². The molecule has 114 valence electrons. The van der Waals surface area contributed by atoms with Crippen molar-refractivity contribution in [3.8, 4) is 5.75 Å². The minimum absolute atomic E-state index is 0.178. The summed E-state index contributed by atoms with van der Waals surface area (Å²) in [5.41, 5.74) is 3.24. The Balaban J connectivity index is 1.83. The first-order chi connectivity index (χ1) is 10.6. The summed E-state index contributed by atoms with van der Waals surface area (Å²) in [7, 11) is 0. The van der Waals surface area contributed by atoms with Crippen molar-refractivity contribution in [1.29, 1.82) is 0 Å². The third kappa shape index (κ3) is 3.95. The first-order valence-electron chi connectivity index (χ1n) is 7.14. The van der Waals surface area contributed by atoms with E-state index in [1.54, 1.807) is 24.3 Å². The predicted molar refractivity (Wildman–Crippen MR) is 85.6 cm³/mol. The third-order valence-corrected chi connectivity index (χ3v) is 3.35. The Labute approximate surface area is 130 Å². The number of aryl methyl sites for hydroxylation is 2. The number of benzene rings is 2. The van der Waals surface area contributed by atoms with Gasteiger partial charge in [-0.1, -0.05) is 30.3 Å². The molecule has 2 rings (SSSR count). The van der Waals surface area contributed by atoms with Gasteiger partial charge in [-0.15, -0.1) is 0 Å². The predicted octanol–water partition coefficient (Wildman–Crippen LogP) is 2.92. The van der Waals surface area contributed by atoms with Crippen molar-refractivity contribution in [1.82, 2.24) is 5.32 Å². The molecule has 0 unspecified atom stereocenters. The Hall–Kier alpha value is -2.62. The maximum absolute atomic E-state index is 11.9. The summed E-state index contributed by atoms with van der Waals surface area (Å²) in [6.45, 7) is 4.82. The maximum atomic E-state index is 11.9. The Morgan fingerprint density at radius 3 is 2.32 bits per heavy atom. The number of nitrogens with one attached hydrogen (secondary N) is 1. The van der Waals surface area contributed by atoms with Crippen molar-refractivity contribution >= 4 is 12.2 Å². The Kier molecular flexibility index (Phi) is 5.31. The number of aldehydes is 1. The number of hydrogen-bond acceptors (Lipinski definition) is 3. The van der Waals surface area contributed by atoms with Gasteiger partial charge in [-0.2, -0.15) is 0 Å². The zero-order valence-electron chi connectivity index (χ0n) is 12.8. The highest BCUT2D eigenvalue weighted by Gasteiger charge is 2.06. The monoisotopic (exact) mass is 297 g/mol. The van der Waals surface area contributed by atoms with Gasteiger partial charge in [0.25, 0.3) is 5.91 Å². The lowest BCUT2D eigenvalue weighted by Gasteiger charge is -2.12. The molecule has 0 saturated carbocycles. The fourth-order valence-electron chi connectivity index (χ4n) is 2.16. The number of para-hydroxylation sites is 1. The molecule has 4 heteroatoms. The molecule has 0 aliphatic rings. The van der Waals surface area contributed by atoms with Crippen molar-refractivity contribution < 1.29 is 14.3 Å². The molecule has 2 aromatic rings. The van der Waals surface area contributed by atoms with E-state index >= 15 is 0 Å². The Morgan fingerprint density at radius 1 is 1.09 bits per heavy atom. The molecule has 0 spiro atoms. The average molecular weight is 297 g/mol. The summed E-state index contributed by atoms with van der Waals surface area (Å²) in [5, 5.41) is 2.79. The highest BCUT2D eigenvalue weighted by molar-refractivity contribution is 5.94. The molecule has 22 heavy (non-hydrogen) atoms. The highest BCUT2D eigenvalue weighted by Crippen LogP contribution is 2.21. The van der Waals surface area contributed by atoms with Crippen molar-refractivity contribution in [3.63, 3.8) is 0 Å². The summed E-state index contributed by atoms with van der Waals surface area (Å²) >= 11 is 0. The lowest BCUT2D eigenvalue weighted by atomic mass is 10.1. The van der Waals surface area contributed by atoms with Crippen LogP contribution in [0.5, 0.6) is 5.75 Å². The van der Waals surface area contributed by atoms with Gasteiger partial charge in [-0.3, -0.25) is 9.59 Å². The molecule has 0 fully saturated rings. The summed E-state index contributed by atoms with van der Waals surface area (Å²) in [4.78, 5) is 22.5. The zero-order chi connectivity index (χ0) is 15.9. The fraction of sp³-hybridized carbons (Fsp3) is 0.222. The van der Waals surface area contributed by atoms with Crippen LogP contribution in [0.15, 0.2) is 42.5 Å². The van der Waals surface area contributed by atoms with Gasteiger partial charge in [0.1, 0.15) is 18.6 Å². The number of carbonyl (C=O) groups is 2. The summed E-state index contributed by atoms with van der Waals surface area (Å²) < 4.78 is 5.73. The molecule has 0 bridgehead atoms. The number of ether oxygens (including phenoxy) is 1. The van der Waals surface area contributed by atoms with E-state index in [1.165, 1.54) is 0 Å². The molecule has 0 saturated heterocycles. The topological polar surface area (TPSA) is 55.4 Å². The molecule has 2 aromatic carbocycles. The number of hydrogen-bond donors (Lipinski definition) is 1. The molecular weight excluding hydrogens is 278 g/mol. The van der Waals surface area contributed by atoms with Crippen molar-refractivity contribution in [2.45, 2.75) is 13.8 Å². The first-order valence-corrected chi connectivity index (χ1v) is 7.14. The maximum Gasteiger partial charge on any atom is 0.251 e. The molecule has 4 nitrogen and oxygen atoms in total. The second kappa shape index (κ2) is 7.41. The van der Waals surface area contributed by atoms with Crippen LogP contribution in [-0.4, -0.2) is 25.3 Å². The van der Waals surface area contributed by atoms with Gasteiger partial charge in [0.15, 0.2) is 0 Å². The smallest absolute Gasteiger partial charge is 0.251 e. The molecule has 1 amide bonds. The van der Waals surface area contributed by atoms with E-state index in [0.717, 1.165) is 23.2 Å². The fourth-order valence-corrected chi connectivity index (χ4v) is 2.16. The van der Waals surface area contributed by atoms with E-state index in [4.69, 9.17) is 4.74 Å². The van der Waals surface area contributed by atoms with Gasteiger partial charge in [0.2, 0.25) is 0 Å². The minimum Gasteiger partial charge on any atom is -0.491 e. The number of rotatable bonds is 6. The normalized spacial score (nSPS) is 10.1. The van der Waals surface area contributed by atoms with E-state index in [-0.39, 0.29) is 5.91 Å². The van der Waals surface area contributed by atoms with E-state index < -0.39 is 0 Å². The molecule has 0 aliphatic carbocycles. The van der Waals surface area contributed by atoms with Gasteiger partial charge < -0.3 is 10.1 Å². The van der Waals surface area contributed by atoms with Crippen LogP contribution in [0, 0.1) is 13.8 Å². The largest absolute Gasteiger partial charge is 0.491 e. The molecule has 0 heterocycles. The quantitative estimate of drug-likeness (QED) is 0.659. The molecule has 0 atom stereocenters. The van der Waals surface area contributed by atoms with Crippen molar-refractivity contribution in [3.05, 3.63) is 64.7 Å². The standard InChI is InChI=1S/C18H19NO3/c1-13-4-3-5-14(2)17(13)22-11-10-19-18(21)16-8-6-15(12-20)7-9-16/h3-9,12H,10-11H2,1-2H3,(H,19,21). The number of carbonyl (C=O) groups excluding carboxylic acids is 2. The van der Waals surface area contributed by atoms with E-state index in [9.17, 15) is 9.59 Å². The van der Waals surface area contributed by atoms with Gasteiger partial charge in [-0.05, 0) is 37.1 Å².